The van der Waals surface area contributed by atoms with E-state index < -0.39 is 29.8 Å². The van der Waals surface area contributed by atoms with Crippen molar-refractivity contribution in [3.05, 3.63) is 41.0 Å². The Kier molecular flexibility index (Phi) is 5.04. The van der Waals surface area contributed by atoms with Crippen LogP contribution in [0, 0.1) is 11.8 Å². The van der Waals surface area contributed by atoms with Crippen molar-refractivity contribution < 1.29 is 38.4 Å². The van der Waals surface area contributed by atoms with Crippen LogP contribution in [0.15, 0.2) is 29.4 Å². The summed E-state index contributed by atoms with van der Waals surface area (Å²) in [5.74, 6) is -0.501. The predicted octanol–water partition coefficient (Wildman–Crippen LogP) is 3.68. The maximum Gasteiger partial charge on any atom is 0.308 e. The van der Waals surface area contributed by atoms with Gasteiger partial charge in [-0.2, -0.15) is 0 Å². The van der Waals surface area contributed by atoms with Gasteiger partial charge in [0.15, 0.2) is 29.1 Å². The lowest BCUT2D eigenvalue weighted by Crippen LogP contribution is -2.39. The number of fused-ring (bicyclic) bond motifs is 4. The van der Waals surface area contributed by atoms with Gasteiger partial charge in [-0.15, -0.1) is 0 Å². The Morgan fingerprint density at radius 1 is 1.03 bits per heavy atom. The number of carboxylic acid groups (broad SMARTS) is 1. The third-order valence-electron chi connectivity index (χ3n) is 6.15. The van der Waals surface area contributed by atoms with Crippen molar-refractivity contribution in [3.8, 4) is 28.7 Å². The molecule has 5 rings (SSSR count). The zero-order chi connectivity index (χ0) is 22.6. The molecule has 0 saturated carbocycles. The quantitative estimate of drug-likeness (QED) is 0.655. The Hall–Kier alpha value is -3.14. The molecule has 0 bridgehead atoms. The van der Waals surface area contributed by atoms with Crippen molar-refractivity contribution in [1.82, 2.24) is 0 Å². The molecule has 2 aliphatic heterocycles. The molecule has 0 saturated heterocycles. The summed E-state index contributed by atoms with van der Waals surface area (Å²) >= 11 is 3.42. The predicted molar refractivity (Wildman–Crippen MR) is 115 cm³/mol. The van der Waals surface area contributed by atoms with Crippen molar-refractivity contribution in [2.45, 2.75) is 12.0 Å². The molecule has 9 nitrogen and oxygen atoms in total. The minimum absolute atomic E-state index is 0.102. The third kappa shape index (κ3) is 2.96. The van der Waals surface area contributed by atoms with E-state index in [4.69, 9.17) is 28.5 Å². The standard InChI is InChI=1S/C22H20BrNO8/c1-27-14-4-9(5-15(28-2)20(14)29-3)16-10-6-12-13(31-8-30-12)7-11(10)19-18(17(16)22(25)26)21(23)24-32-19/h4-7,16-19H,8H2,1-3H3,(H,25,26)/t16-,17?,18+,19-/m0/s1. The van der Waals surface area contributed by atoms with Crippen LogP contribution in [0.5, 0.6) is 28.7 Å². The second-order valence-corrected chi connectivity index (χ2v) is 8.41. The normalized spacial score (nSPS) is 24.7. The molecule has 10 heteroatoms. The first kappa shape index (κ1) is 20.7. The van der Waals surface area contributed by atoms with E-state index in [1.54, 1.807) is 12.1 Å². The summed E-state index contributed by atoms with van der Waals surface area (Å²) in [6.07, 6.45) is -0.562. The monoisotopic (exact) mass is 505 g/mol. The number of hydrogen-bond donors (Lipinski definition) is 1. The number of hydrogen-bond acceptors (Lipinski definition) is 8. The molecule has 0 aromatic heterocycles. The molecule has 1 aliphatic carbocycles. The molecule has 1 unspecified atom stereocenters. The Balaban J connectivity index is 1.77. The molecule has 168 valence electrons. The van der Waals surface area contributed by atoms with E-state index in [1.807, 2.05) is 12.1 Å². The van der Waals surface area contributed by atoms with E-state index in [1.165, 1.54) is 21.3 Å². The smallest absolute Gasteiger partial charge is 0.308 e. The van der Waals surface area contributed by atoms with Crippen LogP contribution in [-0.2, 0) is 9.63 Å². The molecule has 1 N–H and O–H groups in total. The minimum Gasteiger partial charge on any atom is -0.493 e. The zero-order valence-corrected chi connectivity index (χ0v) is 19.0. The molecule has 2 aromatic rings. The molecule has 2 aromatic carbocycles. The average molecular weight is 506 g/mol. The van der Waals surface area contributed by atoms with E-state index in [0.717, 1.165) is 11.1 Å². The fourth-order valence-electron chi connectivity index (χ4n) is 4.80. The largest absolute Gasteiger partial charge is 0.493 e. The maximum absolute atomic E-state index is 12.6. The van der Waals surface area contributed by atoms with Crippen LogP contribution in [0.4, 0.5) is 0 Å². The van der Waals surface area contributed by atoms with Gasteiger partial charge >= 0.3 is 5.97 Å². The second kappa shape index (κ2) is 7.77. The van der Waals surface area contributed by atoms with Crippen LogP contribution in [0.1, 0.15) is 28.7 Å². The van der Waals surface area contributed by atoms with Crippen molar-refractivity contribution in [3.63, 3.8) is 0 Å². The minimum atomic E-state index is -0.972. The first-order chi connectivity index (χ1) is 15.5. The van der Waals surface area contributed by atoms with Crippen molar-refractivity contribution in [1.29, 1.82) is 0 Å². The summed E-state index contributed by atoms with van der Waals surface area (Å²) in [6.45, 7) is 0.102. The van der Waals surface area contributed by atoms with Crippen LogP contribution >= 0.6 is 15.9 Å². The van der Waals surface area contributed by atoms with Crippen LogP contribution < -0.4 is 23.7 Å². The summed E-state index contributed by atoms with van der Waals surface area (Å²) in [5, 5.41) is 14.4. The summed E-state index contributed by atoms with van der Waals surface area (Å²) < 4.78 is 28.1. The SMILES string of the molecule is COc1cc([C@H]2c3cc4c(cc3[C@@H]3ON=C(Br)[C@@H]3C2C(=O)O)OCO4)cc(OC)c1OC. The first-order valence-electron chi connectivity index (χ1n) is 9.83. The lowest BCUT2D eigenvalue weighted by molar-refractivity contribution is -0.145. The van der Waals surface area contributed by atoms with E-state index in [9.17, 15) is 9.90 Å². The summed E-state index contributed by atoms with van der Waals surface area (Å²) in [4.78, 5) is 18.3. The summed E-state index contributed by atoms with van der Waals surface area (Å²) in [6, 6.07) is 7.22. The maximum atomic E-state index is 12.6. The summed E-state index contributed by atoms with van der Waals surface area (Å²) in [7, 11) is 4.56. The number of nitrogens with zero attached hydrogens (tertiary/aromatic N) is 1. The Morgan fingerprint density at radius 2 is 1.66 bits per heavy atom. The van der Waals surface area contributed by atoms with E-state index >= 15 is 0 Å². The number of carbonyl (C=O) groups is 1. The van der Waals surface area contributed by atoms with E-state index in [-0.39, 0.29) is 6.79 Å². The van der Waals surface area contributed by atoms with Gasteiger partial charge in [-0.3, -0.25) is 4.79 Å². The number of methoxy groups -OCH3 is 3. The Morgan fingerprint density at radius 3 is 2.22 bits per heavy atom. The second-order valence-electron chi connectivity index (χ2n) is 7.60. The summed E-state index contributed by atoms with van der Waals surface area (Å²) in [5.41, 5.74) is 2.25. The molecule has 0 spiro atoms. The Labute approximate surface area is 191 Å². The van der Waals surface area contributed by atoms with Gasteiger partial charge in [0.25, 0.3) is 0 Å². The van der Waals surface area contributed by atoms with Gasteiger partial charge < -0.3 is 33.6 Å². The van der Waals surface area contributed by atoms with Crippen LogP contribution in [0.2, 0.25) is 0 Å². The Bertz CT molecular complexity index is 1110. The van der Waals surface area contributed by atoms with Crippen molar-refractivity contribution in [2.75, 3.05) is 28.1 Å². The fourth-order valence-corrected chi connectivity index (χ4v) is 5.41. The lowest BCUT2D eigenvalue weighted by atomic mass is 9.65. The van der Waals surface area contributed by atoms with Crippen molar-refractivity contribution >= 4 is 26.5 Å². The van der Waals surface area contributed by atoms with Crippen LogP contribution in [0.25, 0.3) is 0 Å². The number of halogens is 1. The molecule has 3 aliphatic rings. The zero-order valence-electron chi connectivity index (χ0n) is 17.5. The van der Waals surface area contributed by atoms with E-state index in [0.29, 0.717) is 38.9 Å². The highest BCUT2D eigenvalue weighted by molar-refractivity contribution is 9.18. The highest BCUT2D eigenvalue weighted by Gasteiger charge is 2.53. The van der Waals surface area contributed by atoms with Gasteiger partial charge in [0.05, 0.1) is 33.2 Å². The van der Waals surface area contributed by atoms with Gasteiger partial charge in [-0.25, -0.2) is 0 Å². The van der Waals surface area contributed by atoms with Gasteiger partial charge in [0, 0.05) is 11.5 Å². The highest BCUT2D eigenvalue weighted by Crippen LogP contribution is 2.56. The third-order valence-corrected chi connectivity index (χ3v) is 6.83. The number of aliphatic carboxylic acids is 1. The van der Waals surface area contributed by atoms with E-state index in [2.05, 4.69) is 21.1 Å². The number of oxime groups is 1. The number of rotatable bonds is 5. The molecule has 0 fully saturated rings. The molecule has 32 heavy (non-hydrogen) atoms. The first-order valence-corrected chi connectivity index (χ1v) is 10.6. The van der Waals surface area contributed by atoms with Crippen LogP contribution in [0.3, 0.4) is 0 Å². The number of carboxylic acids is 1. The van der Waals surface area contributed by atoms with Gasteiger partial charge in [-0.05, 0) is 51.3 Å². The molecule has 4 atom stereocenters. The average Bonchev–Trinajstić information content (AvgIpc) is 3.41. The highest BCUT2D eigenvalue weighted by atomic mass is 79.9. The number of ether oxygens (including phenoxy) is 5. The number of benzene rings is 2. The van der Waals surface area contributed by atoms with Gasteiger partial charge in [0.1, 0.15) is 4.62 Å². The van der Waals surface area contributed by atoms with Gasteiger partial charge in [-0.1, -0.05) is 5.16 Å². The van der Waals surface area contributed by atoms with Gasteiger partial charge in [0.2, 0.25) is 12.5 Å². The van der Waals surface area contributed by atoms with Crippen LogP contribution in [-0.4, -0.2) is 43.8 Å². The molecular formula is C22H20BrNO8. The van der Waals surface area contributed by atoms with Crippen molar-refractivity contribution in [2.24, 2.45) is 17.0 Å². The molecule has 2 heterocycles. The fraction of sp³-hybridized carbons (Fsp3) is 0.364. The topological polar surface area (TPSA) is 105 Å². The molecule has 0 amide bonds. The lowest BCUT2D eigenvalue weighted by Gasteiger charge is -2.38. The molecule has 0 radical (unpaired) electrons. The molecular weight excluding hydrogens is 486 g/mol.